The average molecular weight is 430 g/mol. The Morgan fingerprint density at radius 1 is 0.655 bits per heavy atom. The molecule has 0 atom stereocenters. The molecule has 0 saturated carbocycles. The lowest BCUT2D eigenvalue weighted by atomic mass is 10.3. The summed E-state index contributed by atoms with van der Waals surface area (Å²) in [4.78, 5) is 1.08. The van der Waals surface area contributed by atoms with Crippen molar-refractivity contribution in [1.82, 2.24) is 28.9 Å². The number of nitrogens with zero attached hydrogens (tertiary/aromatic N) is 5. The van der Waals surface area contributed by atoms with E-state index in [4.69, 9.17) is 0 Å². The lowest BCUT2D eigenvalue weighted by molar-refractivity contribution is 0.570. The standard InChI is InChI=1S/C17H14N6O4S2/c24-28(25,16-8-6-15(7-9-16)23-19-12-13-20-23)21-29(26,27)17-10-11-18-22(17)14-4-2-1-3-5-14/h1-13,21H. The van der Waals surface area contributed by atoms with Gasteiger partial charge in [-0.1, -0.05) is 22.3 Å². The summed E-state index contributed by atoms with van der Waals surface area (Å²) in [6.45, 7) is 0. The summed E-state index contributed by atoms with van der Waals surface area (Å²) < 4.78 is 53.7. The van der Waals surface area contributed by atoms with Crippen LogP contribution >= 0.6 is 0 Å². The Morgan fingerprint density at radius 2 is 1.31 bits per heavy atom. The highest BCUT2D eigenvalue weighted by atomic mass is 32.3. The van der Waals surface area contributed by atoms with Gasteiger partial charge in [0.2, 0.25) is 0 Å². The quantitative estimate of drug-likeness (QED) is 0.485. The average Bonchev–Trinajstić information content (AvgIpc) is 3.40. The largest absolute Gasteiger partial charge is 0.271 e. The molecule has 10 nitrogen and oxygen atoms in total. The predicted octanol–water partition coefficient (Wildman–Crippen LogP) is 1.12. The van der Waals surface area contributed by atoms with Gasteiger partial charge in [-0.3, -0.25) is 0 Å². The van der Waals surface area contributed by atoms with Gasteiger partial charge in [-0.15, -0.1) is 0 Å². The van der Waals surface area contributed by atoms with Gasteiger partial charge in [0.05, 0.1) is 34.9 Å². The molecule has 29 heavy (non-hydrogen) atoms. The van der Waals surface area contributed by atoms with Crippen molar-refractivity contribution >= 4 is 20.0 Å². The van der Waals surface area contributed by atoms with Gasteiger partial charge in [0, 0.05) is 0 Å². The molecule has 148 valence electrons. The van der Waals surface area contributed by atoms with E-state index in [0.717, 1.165) is 4.68 Å². The van der Waals surface area contributed by atoms with E-state index < -0.39 is 20.0 Å². The van der Waals surface area contributed by atoms with Crippen molar-refractivity contribution in [2.24, 2.45) is 0 Å². The molecule has 1 N–H and O–H groups in total. The fraction of sp³-hybridized carbons (Fsp3) is 0. The number of hydrogen-bond donors (Lipinski definition) is 1. The zero-order valence-corrected chi connectivity index (χ0v) is 16.3. The Labute approximate surface area is 166 Å². The van der Waals surface area contributed by atoms with Crippen LogP contribution in [0.2, 0.25) is 0 Å². The molecule has 2 aromatic heterocycles. The number of benzene rings is 2. The van der Waals surface area contributed by atoms with Crippen LogP contribution in [0.3, 0.4) is 0 Å². The van der Waals surface area contributed by atoms with Crippen molar-refractivity contribution in [3.8, 4) is 11.4 Å². The third-order valence-electron chi connectivity index (χ3n) is 3.90. The van der Waals surface area contributed by atoms with Crippen molar-refractivity contribution in [2.75, 3.05) is 0 Å². The molecule has 0 aliphatic heterocycles. The minimum Gasteiger partial charge on any atom is -0.221 e. The zero-order chi connectivity index (χ0) is 20.5. The molecule has 0 spiro atoms. The van der Waals surface area contributed by atoms with Crippen molar-refractivity contribution in [3.63, 3.8) is 0 Å². The minimum atomic E-state index is -4.42. The Kier molecular flexibility index (Phi) is 4.74. The van der Waals surface area contributed by atoms with Gasteiger partial charge in [0.25, 0.3) is 20.0 Å². The first-order valence-corrected chi connectivity index (χ1v) is 11.2. The molecule has 0 amide bonds. The van der Waals surface area contributed by atoms with Gasteiger partial charge in [-0.25, -0.2) is 21.5 Å². The van der Waals surface area contributed by atoms with E-state index in [0.29, 0.717) is 11.4 Å². The van der Waals surface area contributed by atoms with Gasteiger partial charge < -0.3 is 0 Å². The molecule has 0 saturated heterocycles. The highest BCUT2D eigenvalue weighted by Gasteiger charge is 2.28. The lowest BCUT2D eigenvalue weighted by Crippen LogP contribution is -2.32. The van der Waals surface area contributed by atoms with E-state index in [1.54, 1.807) is 34.5 Å². The maximum atomic E-state index is 12.8. The van der Waals surface area contributed by atoms with Crippen LogP contribution in [0.5, 0.6) is 0 Å². The normalized spacial score (nSPS) is 12.1. The molecule has 0 radical (unpaired) electrons. The monoisotopic (exact) mass is 430 g/mol. The molecular weight excluding hydrogens is 416 g/mol. The molecule has 0 bridgehead atoms. The molecule has 4 aromatic rings. The summed E-state index contributed by atoms with van der Waals surface area (Å²) in [5.41, 5.74) is 1.00. The van der Waals surface area contributed by atoms with E-state index in [1.165, 1.54) is 53.7 Å². The molecular formula is C17H14N6O4S2. The smallest absolute Gasteiger partial charge is 0.221 e. The SMILES string of the molecule is O=S(=O)(NS(=O)(=O)c1ccnn1-c1ccccc1)c1ccc(-n2nccn2)cc1. The second kappa shape index (κ2) is 7.24. The van der Waals surface area contributed by atoms with Gasteiger partial charge in [-0.2, -0.15) is 20.1 Å². The summed E-state index contributed by atoms with van der Waals surface area (Å²) in [5, 5.41) is 11.6. The summed E-state index contributed by atoms with van der Waals surface area (Å²) in [7, 11) is -8.78. The zero-order valence-electron chi connectivity index (χ0n) is 14.7. The van der Waals surface area contributed by atoms with Crippen molar-refractivity contribution in [3.05, 3.63) is 79.3 Å². The number of nitrogens with one attached hydrogen (secondary N) is 1. The summed E-state index contributed by atoms with van der Waals surface area (Å²) in [6.07, 6.45) is 4.24. The van der Waals surface area contributed by atoms with E-state index in [2.05, 4.69) is 15.3 Å². The summed E-state index contributed by atoms with van der Waals surface area (Å²) in [5.74, 6) is 0. The van der Waals surface area contributed by atoms with Crippen molar-refractivity contribution in [1.29, 1.82) is 0 Å². The summed E-state index contributed by atoms with van der Waals surface area (Å²) >= 11 is 0. The maximum Gasteiger partial charge on any atom is 0.271 e. The Balaban J connectivity index is 1.64. The van der Waals surface area contributed by atoms with E-state index in [9.17, 15) is 16.8 Å². The summed E-state index contributed by atoms with van der Waals surface area (Å²) in [6, 6.07) is 15.2. The molecule has 2 heterocycles. The van der Waals surface area contributed by atoms with Gasteiger partial charge in [0.15, 0.2) is 5.03 Å². The molecule has 4 rings (SSSR count). The molecule has 2 aromatic carbocycles. The molecule has 0 unspecified atom stereocenters. The lowest BCUT2D eigenvalue weighted by Gasteiger charge is -2.10. The number of rotatable bonds is 6. The Hall–Kier alpha value is -3.35. The van der Waals surface area contributed by atoms with E-state index in [-0.39, 0.29) is 9.92 Å². The molecule has 0 aliphatic rings. The third kappa shape index (κ3) is 3.81. The first-order chi connectivity index (χ1) is 13.9. The second-order valence-electron chi connectivity index (χ2n) is 5.82. The fourth-order valence-corrected chi connectivity index (χ4v) is 5.60. The topological polar surface area (TPSA) is 129 Å². The van der Waals surface area contributed by atoms with Gasteiger partial charge >= 0.3 is 0 Å². The third-order valence-corrected chi connectivity index (χ3v) is 7.41. The Morgan fingerprint density at radius 3 is 1.97 bits per heavy atom. The molecule has 0 fully saturated rings. The van der Waals surface area contributed by atoms with Crippen LogP contribution in [-0.4, -0.2) is 41.6 Å². The minimum absolute atomic E-state index is 0.220. The van der Waals surface area contributed by atoms with E-state index in [1.807, 2.05) is 0 Å². The number of para-hydroxylation sites is 1. The van der Waals surface area contributed by atoms with Crippen molar-refractivity contribution < 1.29 is 16.8 Å². The fourth-order valence-electron chi connectivity index (χ4n) is 2.60. The molecule has 12 heteroatoms. The van der Waals surface area contributed by atoms with Crippen LogP contribution in [0.15, 0.2) is 89.2 Å². The number of sulfonamides is 2. The van der Waals surface area contributed by atoms with Crippen LogP contribution in [0.1, 0.15) is 0 Å². The Bertz CT molecular complexity index is 1330. The van der Waals surface area contributed by atoms with Crippen LogP contribution < -0.4 is 4.13 Å². The first kappa shape index (κ1) is 19.0. The maximum absolute atomic E-state index is 12.8. The van der Waals surface area contributed by atoms with Gasteiger partial charge in [-0.05, 0) is 42.5 Å². The predicted molar refractivity (Wildman–Crippen MR) is 102 cm³/mol. The number of hydrogen-bond acceptors (Lipinski definition) is 7. The first-order valence-electron chi connectivity index (χ1n) is 8.22. The highest BCUT2D eigenvalue weighted by molar-refractivity contribution is 8.04. The van der Waals surface area contributed by atoms with E-state index >= 15 is 0 Å². The van der Waals surface area contributed by atoms with Gasteiger partial charge in [0.1, 0.15) is 0 Å². The van der Waals surface area contributed by atoms with Crippen LogP contribution in [0.4, 0.5) is 0 Å². The number of aromatic nitrogens is 5. The van der Waals surface area contributed by atoms with Crippen LogP contribution in [0.25, 0.3) is 11.4 Å². The van der Waals surface area contributed by atoms with Crippen LogP contribution in [0, 0.1) is 0 Å². The van der Waals surface area contributed by atoms with Crippen molar-refractivity contribution in [2.45, 2.75) is 9.92 Å². The van der Waals surface area contributed by atoms with Crippen LogP contribution in [-0.2, 0) is 20.0 Å². The highest BCUT2D eigenvalue weighted by Crippen LogP contribution is 2.18. The second-order valence-corrected chi connectivity index (χ2v) is 9.39. The molecule has 0 aliphatic carbocycles.